The van der Waals surface area contributed by atoms with Gasteiger partial charge in [0.2, 0.25) is 0 Å². The highest BCUT2D eigenvalue weighted by Crippen LogP contribution is 2.76. The summed E-state index contributed by atoms with van der Waals surface area (Å²) in [4.78, 5) is 26.7. The molecule has 72 heavy (non-hydrogen) atoms. The van der Waals surface area contributed by atoms with Crippen molar-refractivity contribution in [2.24, 2.45) is 56.2 Å². The van der Waals surface area contributed by atoms with Crippen molar-refractivity contribution < 1.29 is 98.5 Å². The summed E-state index contributed by atoms with van der Waals surface area (Å²) in [6.07, 6.45) is -19.4. The molecule has 10 N–H and O–H groups in total. The number of rotatable bonds is 12. The van der Waals surface area contributed by atoms with Crippen LogP contribution in [-0.4, -0.2) is 195 Å². The number of hydrogen-bond donors (Lipinski definition) is 10. The number of carboxylic acids is 1. The summed E-state index contributed by atoms with van der Waals surface area (Å²) in [7, 11) is 2.60. The van der Waals surface area contributed by atoms with Crippen molar-refractivity contribution in [3.63, 3.8) is 0 Å². The van der Waals surface area contributed by atoms with E-state index >= 15 is 0 Å². The van der Waals surface area contributed by atoms with Crippen molar-refractivity contribution in [1.82, 2.24) is 0 Å². The van der Waals surface area contributed by atoms with E-state index in [-0.39, 0.29) is 33.5 Å². The highest BCUT2D eigenvalue weighted by Gasteiger charge is 2.71. The van der Waals surface area contributed by atoms with Gasteiger partial charge in [-0.25, -0.2) is 9.59 Å². The third-order valence-corrected chi connectivity index (χ3v) is 20.5. The summed E-state index contributed by atoms with van der Waals surface area (Å²) in [6.45, 7) is 16.3. The van der Waals surface area contributed by atoms with Gasteiger partial charge >= 0.3 is 11.9 Å². The minimum Gasteiger partial charge on any atom is -0.479 e. The van der Waals surface area contributed by atoms with Crippen LogP contribution in [0.4, 0.5) is 0 Å². The van der Waals surface area contributed by atoms with Gasteiger partial charge in [-0.1, -0.05) is 60.1 Å². The minimum absolute atomic E-state index is 0.0685. The van der Waals surface area contributed by atoms with Gasteiger partial charge in [-0.2, -0.15) is 0 Å². The van der Waals surface area contributed by atoms with Crippen molar-refractivity contribution in [1.29, 1.82) is 0 Å². The number of methoxy groups -OCH3 is 2. The van der Waals surface area contributed by atoms with E-state index in [1.165, 1.54) is 34.0 Å². The van der Waals surface area contributed by atoms with Crippen LogP contribution in [0.1, 0.15) is 113 Å². The number of aliphatic carboxylic acids is 1. The van der Waals surface area contributed by atoms with Gasteiger partial charge in [0.1, 0.15) is 61.0 Å². The van der Waals surface area contributed by atoms with Gasteiger partial charge in [0.05, 0.1) is 32.5 Å². The SMILES string of the molecule is COC(=O)[C@H](OC)[C@H]1C[C@@]2(C)[C@@H](CC[C@]3(C)[C@@H]2CC=C2[C@@H]4CC(C)(C)CC[C@]4(C)CC[C@]23C)[C@@](C)(CO)[C@H]1O[C@@H]1O[C@H](C(=O)O)[C@@H](O)[C@H](O)[C@H]1O[C@@H]1O[C@H](CO)[C@@H](O)[C@H](O)[C@H]1O[C@@H]1O[C@@H](C)[C@H](O)[C@@H](O)[C@H]1O. The molecule has 20 nitrogen and oxygen atoms in total. The largest absolute Gasteiger partial charge is 0.479 e. The molecule has 3 saturated heterocycles. The Kier molecular flexibility index (Phi) is 15.7. The quantitative estimate of drug-likeness (QED) is 0.0745. The van der Waals surface area contributed by atoms with E-state index < -0.39 is 146 Å². The van der Waals surface area contributed by atoms with E-state index in [9.17, 15) is 60.7 Å². The number of hydrogen-bond acceptors (Lipinski definition) is 19. The monoisotopic (exact) mass is 1030 g/mol. The van der Waals surface area contributed by atoms with Crippen LogP contribution in [0.15, 0.2) is 11.6 Å². The van der Waals surface area contributed by atoms with Gasteiger partial charge in [-0.05, 0) is 110 Å². The topological polar surface area (TPSA) is 310 Å². The van der Waals surface area contributed by atoms with Crippen molar-refractivity contribution >= 4 is 11.9 Å². The second-order valence-electron chi connectivity index (χ2n) is 25.0. The molecule has 8 aliphatic rings. The number of carbonyl (C=O) groups excluding carboxylic acids is 1. The Labute approximate surface area is 422 Å². The van der Waals surface area contributed by atoms with Gasteiger partial charge < -0.3 is 89.0 Å². The van der Waals surface area contributed by atoms with Crippen LogP contribution >= 0.6 is 0 Å². The van der Waals surface area contributed by atoms with Gasteiger partial charge in [0.15, 0.2) is 31.1 Å². The molecule has 8 rings (SSSR count). The number of carbonyl (C=O) groups is 2. The Morgan fingerprint density at radius 3 is 1.94 bits per heavy atom. The Morgan fingerprint density at radius 2 is 1.33 bits per heavy atom. The zero-order valence-electron chi connectivity index (χ0n) is 43.5. The molecule has 0 aromatic carbocycles. The second kappa shape index (κ2) is 20.1. The summed E-state index contributed by atoms with van der Waals surface area (Å²) < 4.78 is 48.1. The predicted molar refractivity (Wildman–Crippen MR) is 251 cm³/mol. The zero-order chi connectivity index (χ0) is 53.0. The number of aliphatic hydroxyl groups excluding tert-OH is 9. The molecule has 7 fully saturated rings. The molecule has 20 heteroatoms. The predicted octanol–water partition coefficient (Wildman–Crippen LogP) is 1.15. The molecule has 0 aromatic rings. The standard InChI is InChI=1S/C52H84O20/c1-23-30(55)32(57)36(61)44(67-23)70-39-33(58)31(56)27(21-53)68-45(39)71-40-35(60)34(59)38(42(62)63)69-46(40)72-41-24(37(65-9)43(64)66-10)19-49(5)28(50(41,6)22-54)13-14-52(8)29(49)12-11-25-26-20-47(2,3)15-16-48(26,4)17-18-51(25,52)7/h11,23-24,26-41,44-46,53-61H,12-22H2,1-10H3,(H,62,63)/t23-,24+,26-,27+,28+,29+,30-,31+,32+,33-,34-,35-,36+,37+,38-,39+,40+,41-,44-,45-,46-,48+,49-,50+,51+,52+/m0/s1. The molecule has 3 aliphatic heterocycles. The fraction of sp³-hybridized carbons (Fsp3) is 0.923. The molecular weight excluding hydrogens is 945 g/mol. The second-order valence-corrected chi connectivity index (χ2v) is 25.0. The summed E-state index contributed by atoms with van der Waals surface area (Å²) >= 11 is 0. The van der Waals surface area contributed by atoms with Crippen molar-refractivity contribution in [2.45, 2.75) is 218 Å². The maximum Gasteiger partial charge on any atom is 0.335 e. The number of aliphatic hydroxyl groups is 9. The normalized spacial score (nSPS) is 52.6. The lowest BCUT2D eigenvalue weighted by atomic mass is 9.33. The number of esters is 1. The highest BCUT2D eigenvalue weighted by molar-refractivity contribution is 5.75. The van der Waals surface area contributed by atoms with Crippen LogP contribution in [0.2, 0.25) is 0 Å². The van der Waals surface area contributed by atoms with Crippen LogP contribution < -0.4 is 0 Å². The molecule has 412 valence electrons. The molecule has 4 saturated carbocycles. The average Bonchev–Trinajstić information content (AvgIpc) is 3.33. The van der Waals surface area contributed by atoms with E-state index in [1.807, 2.05) is 6.92 Å². The van der Waals surface area contributed by atoms with E-state index in [0.29, 0.717) is 18.8 Å². The Balaban J connectivity index is 1.18. The maximum absolute atomic E-state index is 14.0. The number of fused-ring (bicyclic) bond motifs is 7. The maximum atomic E-state index is 14.0. The fourth-order valence-electron chi connectivity index (χ4n) is 16.0. The summed E-state index contributed by atoms with van der Waals surface area (Å²) in [5.74, 6) is -3.07. The molecular formula is C52H84O20. The molecule has 0 radical (unpaired) electrons. The molecule has 0 unspecified atom stereocenters. The smallest absolute Gasteiger partial charge is 0.335 e. The minimum atomic E-state index is -2.17. The lowest BCUT2D eigenvalue weighted by molar-refractivity contribution is -0.398. The van der Waals surface area contributed by atoms with Crippen LogP contribution in [-0.2, 0) is 47.5 Å². The van der Waals surface area contributed by atoms with Crippen LogP contribution in [0, 0.1) is 56.2 Å². The van der Waals surface area contributed by atoms with Crippen LogP contribution in [0.3, 0.4) is 0 Å². The molecule has 5 aliphatic carbocycles. The average molecular weight is 1030 g/mol. The fourth-order valence-corrected chi connectivity index (χ4v) is 16.0. The zero-order valence-corrected chi connectivity index (χ0v) is 43.5. The molecule has 0 aromatic heterocycles. The van der Waals surface area contributed by atoms with Gasteiger partial charge in [0, 0.05) is 18.4 Å². The Morgan fingerprint density at radius 1 is 0.708 bits per heavy atom. The number of carboxylic acid groups (broad SMARTS) is 1. The lowest BCUT2D eigenvalue weighted by Crippen LogP contribution is -2.70. The van der Waals surface area contributed by atoms with Crippen molar-refractivity contribution in [2.75, 3.05) is 27.4 Å². The molecule has 0 amide bonds. The van der Waals surface area contributed by atoms with Crippen molar-refractivity contribution in [3.8, 4) is 0 Å². The van der Waals surface area contributed by atoms with E-state index in [2.05, 4.69) is 47.6 Å². The summed E-state index contributed by atoms with van der Waals surface area (Å²) in [5, 5.41) is 110. The van der Waals surface area contributed by atoms with Crippen molar-refractivity contribution in [3.05, 3.63) is 11.6 Å². The summed E-state index contributed by atoms with van der Waals surface area (Å²) in [6, 6.07) is 0. The van der Waals surface area contributed by atoms with E-state index in [4.69, 9.17) is 37.9 Å². The third kappa shape index (κ3) is 8.93. The third-order valence-electron chi connectivity index (χ3n) is 20.5. The first-order valence-electron chi connectivity index (χ1n) is 26.1. The first-order chi connectivity index (χ1) is 33.6. The molecule has 0 spiro atoms. The molecule has 26 atom stereocenters. The van der Waals surface area contributed by atoms with Gasteiger partial charge in [-0.3, -0.25) is 0 Å². The van der Waals surface area contributed by atoms with Gasteiger partial charge in [0.25, 0.3) is 0 Å². The number of allylic oxidation sites excluding steroid dienone is 2. The van der Waals surface area contributed by atoms with Gasteiger partial charge in [-0.15, -0.1) is 0 Å². The first-order valence-corrected chi connectivity index (χ1v) is 26.1. The van der Waals surface area contributed by atoms with Crippen LogP contribution in [0.25, 0.3) is 0 Å². The summed E-state index contributed by atoms with van der Waals surface area (Å²) in [5.41, 5.74) is -0.121. The molecule has 0 bridgehead atoms. The highest BCUT2D eigenvalue weighted by atomic mass is 16.8. The lowest BCUT2D eigenvalue weighted by Gasteiger charge is -2.72. The molecule has 3 heterocycles. The Hall–Kier alpha value is -1.96. The first kappa shape index (κ1) is 56.2. The van der Waals surface area contributed by atoms with Crippen LogP contribution in [0.5, 0.6) is 0 Å². The van der Waals surface area contributed by atoms with E-state index in [1.54, 1.807) is 5.57 Å². The Bertz CT molecular complexity index is 2010. The van der Waals surface area contributed by atoms with E-state index in [0.717, 1.165) is 32.1 Å². The number of ether oxygens (including phenoxy) is 8.